The van der Waals surface area contributed by atoms with Gasteiger partial charge in [0, 0.05) is 19.1 Å². The first-order valence-corrected chi connectivity index (χ1v) is 9.44. The van der Waals surface area contributed by atoms with Crippen LogP contribution in [0.1, 0.15) is 63.8 Å². The highest BCUT2D eigenvalue weighted by atomic mass is 79.9. The average Bonchev–Trinajstić information content (AvgIpc) is 3.14. The highest BCUT2D eigenvalue weighted by molar-refractivity contribution is 9.10. The van der Waals surface area contributed by atoms with Crippen molar-refractivity contribution in [1.29, 1.82) is 0 Å². The van der Waals surface area contributed by atoms with Crippen molar-refractivity contribution < 1.29 is 0 Å². The van der Waals surface area contributed by atoms with E-state index in [-0.39, 0.29) is 0 Å². The van der Waals surface area contributed by atoms with Gasteiger partial charge in [-0.3, -0.25) is 4.68 Å². The summed E-state index contributed by atoms with van der Waals surface area (Å²) in [5.74, 6) is 0. The normalized spacial score (nSPS) is 21.1. The number of aryl methyl sites for hydroxylation is 2. The van der Waals surface area contributed by atoms with Gasteiger partial charge in [-0.25, -0.2) is 0 Å². The number of aromatic nitrogens is 2. The molecule has 0 atom stereocenters. The maximum atomic E-state index is 4.78. The smallest absolute Gasteiger partial charge is 0.0766 e. The van der Waals surface area contributed by atoms with E-state index in [4.69, 9.17) is 5.10 Å². The zero-order valence-electron chi connectivity index (χ0n) is 13.4. The van der Waals surface area contributed by atoms with Crippen molar-refractivity contribution in [2.24, 2.45) is 5.41 Å². The lowest BCUT2D eigenvalue weighted by atomic mass is 9.81. The summed E-state index contributed by atoms with van der Waals surface area (Å²) in [6.45, 7) is 6.56. The van der Waals surface area contributed by atoms with Crippen LogP contribution in [0, 0.1) is 5.41 Å². The van der Waals surface area contributed by atoms with Gasteiger partial charge in [-0.2, -0.15) is 5.10 Å². The Hall–Kier alpha value is -0.350. The number of hydrogen-bond donors (Lipinski definition) is 1. The van der Waals surface area contributed by atoms with Crippen LogP contribution in [-0.2, 0) is 19.4 Å². The lowest BCUT2D eigenvalue weighted by Crippen LogP contribution is -2.35. The van der Waals surface area contributed by atoms with E-state index in [9.17, 15) is 0 Å². The maximum absolute atomic E-state index is 4.78. The van der Waals surface area contributed by atoms with Gasteiger partial charge in [0.25, 0.3) is 0 Å². The molecule has 2 aliphatic carbocycles. The van der Waals surface area contributed by atoms with Gasteiger partial charge in [-0.1, -0.05) is 19.8 Å². The van der Waals surface area contributed by atoms with Crippen molar-refractivity contribution in [3.8, 4) is 0 Å². The van der Waals surface area contributed by atoms with Gasteiger partial charge in [0.2, 0.25) is 0 Å². The van der Waals surface area contributed by atoms with E-state index in [2.05, 4.69) is 39.8 Å². The van der Waals surface area contributed by atoms with Gasteiger partial charge in [0.15, 0.2) is 0 Å². The first kappa shape index (κ1) is 15.5. The summed E-state index contributed by atoms with van der Waals surface area (Å²) in [7, 11) is 0. The fourth-order valence-electron chi connectivity index (χ4n) is 3.73. The molecule has 21 heavy (non-hydrogen) atoms. The van der Waals surface area contributed by atoms with Gasteiger partial charge < -0.3 is 5.32 Å². The molecule has 1 heterocycles. The van der Waals surface area contributed by atoms with Crippen LogP contribution >= 0.6 is 15.9 Å². The molecular formula is C17H28BrN3. The van der Waals surface area contributed by atoms with Gasteiger partial charge in [0.1, 0.15) is 0 Å². The van der Waals surface area contributed by atoms with Gasteiger partial charge in [-0.15, -0.1) is 0 Å². The van der Waals surface area contributed by atoms with Crippen LogP contribution in [0.3, 0.4) is 0 Å². The summed E-state index contributed by atoms with van der Waals surface area (Å²) in [6.07, 6.45) is 10.5. The third kappa shape index (κ3) is 3.37. The average molecular weight is 354 g/mol. The van der Waals surface area contributed by atoms with E-state index in [1.54, 1.807) is 0 Å². The number of nitrogens with zero attached hydrogens (tertiary/aromatic N) is 2. The van der Waals surface area contributed by atoms with Crippen molar-refractivity contribution >= 4 is 15.9 Å². The summed E-state index contributed by atoms with van der Waals surface area (Å²) in [5.41, 5.74) is 3.10. The lowest BCUT2D eigenvalue weighted by Gasteiger charge is -2.30. The molecule has 1 aromatic rings. The van der Waals surface area contributed by atoms with Crippen molar-refractivity contribution in [3.05, 3.63) is 15.9 Å². The Morgan fingerprint density at radius 1 is 1.29 bits per heavy atom. The molecule has 0 bridgehead atoms. The second-order valence-corrected chi connectivity index (χ2v) is 7.71. The zero-order valence-corrected chi connectivity index (χ0v) is 15.0. The highest BCUT2D eigenvalue weighted by Gasteiger charge is 2.37. The molecule has 4 heteroatoms. The third-order valence-electron chi connectivity index (χ3n) is 5.24. The highest BCUT2D eigenvalue weighted by Crippen LogP contribution is 2.42. The molecule has 118 valence electrons. The van der Waals surface area contributed by atoms with Crippen LogP contribution in [0.2, 0.25) is 0 Å². The Morgan fingerprint density at radius 2 is 2.00 bits per heavy atom. The first-order valence-electron chi connectivity index (χ1n) is 8.65. The fraction of sp³-hybridized carbons (Fsp3) is 0.824. The van der Waals surface area contributed by atoms with Crippen molar-refractivity contribution in [2.45, 2.75) is 77.8 Å². The van der Waals surface area contributed by atoms with E-state index in [0.29, 0.717) is 5.41 Å². The van der Waals surface area contributed by atoms with Crippen LogP contribution in [0.25, 0.3) is 0 Å². The molecule has 0 amide bonds. The van der Waals surface area contributed by atoms with Crippen molar-refractivity contribution in [2.75, 3.05) is 6.54 Å². The van der Waals surface area contributed by atoms with E-state index >= 15 is 0 Å². The van der Waals surface area contributed by atoms with Crippen molar-refractivity contribution in [3.63, 3.8) is 0 Å². The minimum Gasteiger partial charge on any atom is -0.313 e. The number of hydrogen-bond acceptors (Lipinski definition) is 2. The SMILES string of the molecule is CCc1nn(CC)c(CC2(CNC3CC3)CCCC2)c1Br. The molecular weight excluding hydrogens is 326 g/mol. The Morgan fingerprint density at radius 3 is 2.57 bits per heavy atom. The molecule has 0 saturated heterocycles. The number of nitrogens with one attached hydrogen (secondary N) is 1. The second-order valence-electron chi connectivity index (χ2n) is 6.92. The molecule has 3 nitrogen and oxygen atoms in total. The molecule has 2 aliphatic rings. The molecule has 0 spiro atoms. The van der Waals surface area contributed by atoms with E-state index in [0.717, 1.165) is 19.0 Å². The molecule has 0 unspecified atom stereocenters. The summed E-state index contributed by atoms with van der Waals surface area (Å²) in [5, 5.41) is 8.57. The van der Waals surface area contributed by atoms with Crippen LogP contribution in [-0.4, -0.2) is 22.4 Å². The third-order valence-corrected chi connectivity index (χ3v) is 6.16. The Bertz CT molecular complexity index is 484. The summed E-state index contributed by atoms with van der Waals surface area (Å²) in [6, 6.07) is 0.813. The van der Waals surface area contributed by atoms with Crippen LogP contribution < -0.4 is 5.32 Å². The van der Waals surface area contributed by atoms with Crippen molar-refractivity contribution in [1.82, 2.24) is 15.1 Å². The van der Waals surface area contributed by atoms with Crippen LogP contribution in [0.5, 0.6) is 0 Å². The minimum atomic E-state index is 0.461. The van der Waals surface area contributed by atoms with Gasteiger partial charge in [-0.05, 0) is 66.8 Å². The predicted molar refractivity (Wildman–Crippen MR) is 90.6 cm³/mol. The summed E-state index contributed by atoms with van der Waals surface area (Å²) in [4.78, 5) is 0. The maximum Gasteiger partial charge on any atom is 0.0766 e. The van der Waals surface area contributed by atoms with Gasteiger partial charge in [0.05, 0.1) is 15.9 Å². The zero-order chi connectivity index (χ0) is 14.9. The largest absolute Gasteiger partial charge is 0.313 e. The Balaban J connectivity index is 1.79. The van der Waals surface area contributed by atoms with Crippen LogP contribution in [0.15, 0.2) is 4.47 Å². The monoisotopic (exact) mass is 353 g/mol. The predicted octanol–water partition coefficient (Wildman–Crippen LogP) is 4.08. The molecule has 1 aromatic heterocycles. The van der Waals surface area contributed by atoms with Gasteiger partial charge >= 0.3 is 0 Å². The molecule has 0 aliphatic heterocycles. The Kier molecular flexibility index (Phi) is 4.75. The fourth-order valence-corrected chi connectivity index (χ4v) is 4.44. The second kappa shape index (κ2) is 6.41. The summed E-state index contributed by atoms with van der Waals surface area (Å²) >= 11 is 3.82. The molecule has 2 saturated carbocycles. The molecule has 0 radical (unpaired) electrons. The van der Waals surface area contributed by atoms with E-state index < -0.39 is 0 Å². The lowest BCUT2D eigenvalue weighted by molar-refractivity contribution is 0.269. The molecule has 2 fully saturated rings. The molecule has 0 aromatic carbocycles. The first-order chi connectivity index (χ1) is 10.2. The standard InChI is InChI=1S/C17H28BrN3/c1-3-14-16(18)15(21(4-2)20-14)11-17(9-5-6-10-17)12-19-13-7-8-13/h13,19H,3-12H2,1-2H3. The molecule has 3 rings (SSSR count). The number of rotatable bonds is 7. The molecule has 1 N–H and O–H groups in total. The minimum absolute atomic E-state index is 0.461. The number of halogens is 1. The Labute approximate surface area is 137 Å². The summed E-state index contributed by atoms with van der Waals surface area (Å²) < 4.78 is 3.49. The topological polar surface area (TPSA) is 29.9 Å². The van der Waals surface area contributed by atoms with E-state index in [1.165, 1.54) is 67.4 Å². The van der Waals surface area contributed by atoms with E-state index in [1.807, 2.05) is 0 Å². The van der Waals surface area contributed by atoms with Crippen LogP contribution in [0.4, 0.5) is 0 Å². The quantitative estimate of drug-likeness (QED) is 0.800.